The molecular weight excluding hydrogens is 355 g/mol. The first-order valence-corrected chi connectivity index (χ1v) is 12.3. The number of halogens is 1. The van der Waals surface area contributed by atoms with Crippen LogP contribution in [0.2, 0.25) is 0 Å². The first-order chi connectivity index (χ1) is 13.5. The van der Waals surface area contributed by atoms with Crippen molar-refractivity contribution in [3.63, 3.8) is 0 Å². The summed E-state index contributed by atoms with van der Waals surface area (Å²) in [5.41, 5.74) is 1.53. The van der Waals surface area contributed by atoms with Gasteiger partial charge in [0, 0.05) is 0 Å². The number of allylic oxidation sites excluding steroid dienone is 4. The molecular formula is C28H51F. The molecule has 0 fully saturated rings. The SMILES string of the molecule is C=C(/C=C(/F)C(=C)C(C)CCC(C)C(C)CCC(C)CC)C(C)CCC(C)CC. The molecule has 0 rings (SSSR count). The van der Waals surface area contributed by atoms with Gasteiger partial charge in [-0.2, -0.15) is 0 Å². The first kappa shape index (κ1) is 28.1. The van der Waals surface area contributed by atoms with Crippen LogP contribution in [0.15, 0.2) is 36.2 Å². The molecule has 0 spiro atoms. The summed E-state index contributed by atoms with van der Waals surface area (Å²) >= 11 is 0. The lowest BCUT2D eigenvalue weighted by Gasteiger charge is -2.23. The smallest absolute Gasteiger partial charge is 0.126 e. The summed E-state index contributed by atoms with van der Waals surface area (Å²) < 4.78 is 14.8. The summed E-state index contributed by atoms with van der Waals surface area (Å²) in [7, 11) is 0. The van der Waals surface area contributed by atoms with Crippen LogP contribution >= 0.6 is 0 Å². The van der Waals surface area contributed by atoms with Crippen LogP contribution in [0, 0.1) is 35.5 Å². The van der Waals surface area contributed by atoms with E-state index in [2.05, 4.69) is 68.5 Å². The van der Waals surface area contributed by atoms with Gasteiger partial charge in [-0.3, -0.25) is 0 Å². The highest BCUT2D eigenvalue weighted by molar-refractivity contribution is 5.32. The van der Waals surface area contributed by atoms with Crippen LogP contribution in [0.3, 0.4) is 0 Å². The molecule has 0 saturated carbocycles. The maximum absolute atomic E-state index is 14.8. The summed E-state index contributed by atoms with van der Waals surface area (Å²) in [4.78, 5) is 0. The fourth-order valence-electron chi connectivity index (χ4n) is 3.56. The molecule has 0 amide bonds. The number of rotatable bonds is 16. The molecule has 0 aromatic rings. The van der Waals surface area contributed by atoms with Crippen molar-refractivity contribution in [1.82, 2.24) is 0 Å². The van der Waals surface area contributed by atoms with E-state index in [-0.39, 0.29) is 11.7 Å². The van der Waals surface area contributed by atoms with Gasteiger partial charge in [-0.15, -0.1) is 0 Å². The summed E-state index contributed by atoms with van der Waals surface area (Å²) in [6.45, 7) is 26.3. The summed E-state index contributed by atoms with van der Waals surface area (Å²) in [6, 6.07) is 0. The molecule has 0 bridgehead atoms. The van der Waals surface area contributed by atoms with Crippen molar-refractivity contribution in [2.75, 3.05) is 0 Å². The molecule has 6 atom stereocenters. The predicted octanol–water partition coefficient (Wildman–Crippen LogP) is 9.93. The fraction of sp³-hybridized carbons (Fsp3) is 0.786. The Morgan fingerprint density at radius 2 is 1.10 bits per heavy atom. The van der Waals surface area contributed by atoms with E-state index in [0.717, 1.165) is 42.6 Å². The zero-order valence-electron chi connectivity index (χ0n) is 21.0. The van der Waals surface area contributed by atoms with Gasteiger partial charge >= 0.3 is 0 Å². The Labute approximate surface area is 183 Å². The van der Waals surface area contributed by atoms with Crippen molar-refractivity contribution in [3.8, 4) is 0 Å². The average Bonchev–Trinajstić information content (AvgIpc) is 2.71. The lowest BCUT2D eigenvalue weighted by molar-refractivity contribution is 0.300. The zero-order chi connectivity index (χ0) is 22.6. The molecule has 0 aromatic carbocycles. The summed E-state index contributed by atoms with van der Waals surface area (Å²) in [5.74, 6) is 3.29. The van der Waals surface area contributed by atoms with Crippen molar-refractivity contribution in [1.29, 1.82) is 0 Å². The maximum Gasteiger partial charge on any atom is 0.126 e. The Morgan fingerprint density at radius 1 is 0.690 bits per heavy atom. The Kier molecular flexibility index (Phi) is 14.6. The Balaban J connectivity index is 4.51. The van der Waals surface area contributed by atoms with Gasteiger partial charge in [0.2, 0.25) is 0 Å². The predicted molar refractivity (Wildman–Crippen MR) is 131 cm³/mol. The standard InChI is InChI=1S/C28H51F/c1-11-20(3)13-15-22(5)23(6)17-18-25(8)27(10)28(29)19-26(9)24(7)16-14-21(4)12-2/h19-25H,9-18H2,1-8H3/b28-19+. The molecule has 0 aromatic heterocycles. The van der Waals surface area contributed by atoms with Crippen LogP contribution in [-0.2, 0) is 0 Å². The van der Waals surface area contributed by atoms with Gasteiger partial charge in [-0.1, -0.05) is 101 Å². The van der Waals surface area contributed by atoms with E-state index in [9.17, 15) is 4.39 Å². The van der Waals surface area contributed by atoms with E-state index in [1.807, 2.05) is 0 Å². The first-order valence-electron chi connectivity index (χ1n) is 12.3. The van der Waals surface area contributed by atoms with Crippen molar-refractivity contribution in [2.45, 2.75) is 107 Å². The van der Waals surface area contributed by atoms with Gasteiger partial charge in [0.1, 0.15) is 5.83 Å². The van der Waals surface area contributed by atoms with Crippen LogP contribution in [0.25, 0.3) is 0 Å². The highest BCUT2D eigenvalue weighted by atomic mass is 19.1. The number of hydrogen-bond donors (Lipinski definition) is 0. The minimum Gasteiger partial charge on any atom is -0.207 e. The highest BCUT2D eigenvalue weighted by Gasteiger charge is 2.18. The van der Waals surface area contributed by atoms with Gasteiger partial charge in [-0.25, -0.2) is 4.39 Å². The van der Waals surface area contributed by atoms with Gasteiger partial charge in [0.25, 0.3) is 0 Å². The van der Waals surface area contributed by atoms with Crippen molar-refractivity contribution in [2.24, 2.45) is 35.5 Å². The van der Waals surface area contributed by atoms with E-state index in [0.29, 0.717) is 17.4 Å². The van der Waals surface area contributed by atoms with Crippen LogP contribution in [0.5, 0.6) is 0 Å². The van der Waals surface area contributed by atoms with Gasteiger partial charge < -0.3 is 0 Å². The molecule has 0 aliphatic carbocycles. The molecule has 0 aliphatic rings. The van der Waals surface area contributed by atoms with Gasteiger partial charge in [0.15, 0.2) is 0 Å². The topological polar surface area (TPSA) is 0 Å². The molecule has 1 heteroatoms. The largest absolute Gasteiger partial charge is 0.207 e. The van der Waals surface area contributed by atoms with Crippen molar-refractivity contribution < 1.29 is 4.39 Å². The lowest BCUT2D eigenvalue weighted by atomic mass is 9.83. The van der Waals surface area contributed by atoms with Crippen LogP contribution in [0.1, 0.15) is 107 Å². The summed E-state index contributed by atoms with van der Waals surface area (Å²) in [6.07, 6.45) is 11.1. The molecule has 170 valence electrons. The van der Waals surface area contributed by atoms with E-state index < -0.39 is 0 Å². The van der Waals surface area contributed by atoms with Gasteiger partial charge in [0.05, 0.1) is 0 Å². The molecule has 0 heterocycles. The molecule has 0 N–H and O–H groups in total. The van der Waals surface area contributed by atoms with Crippen molar-refractivity contribution in [3.05, 3.63) is 36.2 Å². The minimum atomic E-state index is -0.171. The third-order valence-electron chi connectivity index (χ3n) is 7.47. The monoisotopic (exact) mass is 406 g/mol. The average molecular weight is 407 g/mol. The van der Waals surface area contributed by atoms with E-state index >= 15 is 0 Å². The normalized spacial score (nSPS) is 18.6. The highest BCUT2D eigenvalue weighted by Crippen LogP contribution is 2.30. The molecule has 29 heavy (non-hydrogen) atoms. The molecule has 0 saturated heterocycles. The zero-order valence-corrected chi connectivity index (χ0v) is 21.0. The van der Waals surface area contributed by atoms with Gasteiger partial charge in [-0.05, 0) is 72.0 Å². The minimum absolute atomic E-state index is 0.171. The van der Waals surface area contributed by atoms with Crippen LogP contribution in [0.4, 0.5) is 4.39 Å². The fourth-order valence-corrected chi connectivity index (χ4v) is 3.56. The Hall–Kier alpha value is -0.850. The third kappa shape index (κ3) is 11.8. The molecule has 6 unspecified atom stereocenters. The van der Waals surface area contributed by atoms with E-state index in [1.165, 1.54) is 32.1 Å². The second-order valence-corrected chi connectivity index (χ2v) is 10.1. The Bertz CT molecular complexity index is 500. The quantitative estimate of drug-likeness (QED) is 0.224. The molecule has 0 aliphatic heterocycles. The second-order valence-electron chi connectivity index (χ2n) is 10.1. The molecule has 0 nitrogen and oxygen atoms in total. The lowest BCUT2D eigenvalue weighted by Crippen LogP contribution is -2.12. The third-order valence-corrected chi connectivity index (χ3v) is 7.47. The van der Waals surface area contributed by atoms with Crippen molar-refractivity contribution >= 4 is 0 Å². The number of hydrogen-bond acceptors (Lipinski definition) is 0. The summed E-state index contributed by atoms with van der Waals surface area (Å²) in [5, 5.41) is 0. The second kappa shape index (κ2) is 15.0. The Morgan fingerprint density at radius 3 is 1.59 bits per heavy atom. The maximum atomic E-state index is 14.8. The molecule has 0 radical (unpaired) electrons. The van der Waals surface area contributed by atoms with Crippen LogP contribution < -0.4 is 0 Å². The van der Waals surface area contributed by atoms with E-state index in [1.54, 1.807) is 6.08 Å². The van der Waals surface area contributed by atoms with Crippen LogP contribution in [-0.4, -0.2) is 0 Å². The van der Waals surface area contributed by atoms with E-state index in [4.69, 9.17) is 0 Å².